The monoisotopic (exact) mass is 420 g/mol. The highest BCUT2D eigenvalue weighted by molar-refractivity contribution is 6.74. The van der Waals surface area contributed by atoms with Crippen molar-refractivity contribution in [3.05, 3.63) is 42.0 Å². The minimum Gasteiger partial charge on any atom is -0.491 e. The summed E-state index contributed by atoms with van der Waals surface area (Å²) >= 11 is 0. The molecule has 0 radical (unpaired) electrons. The van der Waals surface area contributed by atoms with E-state index in [4.69, 9.17) is 14.3 Å². The van der Waals surface area contributed by atoms with Crippen LogP contribution in [0, 0.1) is 5.92 Å². The van der Waals surface area contributed by atoms with E-state index in [1.165, 1.54) is 0 Å². The Morgan fingerprint density at radius 1 is 1.24 bits per heavy atom. The summed E-state index contributed by atoms with van der Waals surface area (Å²) in [6.07, 6.45) is 3.28. The predicted octanol–water partition coefficient (Wildman–Crippen LogP) is 5.02. The van der Waals surface area contributed by atoms with Crippen LogP contribution in [0.5, 0.6) is 5.75 Å². The van der Waals surface area contributed by atoms with Gasteiger partial charge in [0.2, 0.25) is 0 Å². The van der Waals surface area contributed by atoms with Crippen LogP contribution >= 0.6 is 0 Å². The second kappa shape index (κ2) is 9.91. The van der Waals surface area contributed by atoms with Gasteiger partial charge in [0, 0.05) is 5.92 Å². The van der Waals surface area contributed by atoms with E-state index in [9.17, 15) is 9.90 Å². The highest BCUT2D eigenvalue weighted by Crippen LogP contribution is 2.39. The number of aliphatic hydroxyl groups is 1. The number of hydrogen-bond acceptors (Lipinski definition) is 4. The summed E-state index contributed by atoms with van der Waals surface area (Å²) < 4.78 is 12.6. The molecule has 0 heterocycles. The summed E-state index contributed by atoms with van der Waals surface area (Å²) in [6, 6.07) is 9.71. The Hall–Kier alpha value is -1.63. The summed E-state index contributed by atoms with van der Waals surface area (Å²) in [4.78, 5) is 11.2. The number of para-hydroxylation sites is 1. The maximum absolute atomic E-state index is 11.2. The van der Waals surface area contributed by atoms with Crippen molar-refractivity contribution in [1.82, 2.24) is 0 Å². The lowest BCUT2D eigenvalue weighted by Crippen LogP contribution is -2.45. The molecule has 0 spiro atoms. The maximum Gasteiger partial charge on any atom is 0.304 e. The molecule has 29 heavy (non-hydrogen) atoms. The smallest absolute Gasteiger partial charge is 0.304 e. The van der Waals surface area contributed by atoms with E-state index in [2.05, 4.69) is 33.9 Å². The minimum atomic E-state index is -1.98. The van der Waals surface area contributed by atoms with Gasteiger partial charge in [-0.25, -0.2) is 0 Å². The fourth-order valence-corrected chi connectivity index (χ4v) is 4.75. The zero-order valence-electron chi connectivity index (χ0n) is 18.4. The molecule has 0 saturated heterocycles. The van der Waals surface area contributed by atoms with Crippen LogP contribution in [-0.2, 0) is 9.22 Å². The first kappa shape index (κ1) is 23.6. The van der Waals surface area contributed by atoms with E-state index in [0.29, 0.717) is 19.4 Å². The standard InChI is InChI=1S/C23H36O5Si/c1-23(2,3)29(4,5)28-19(16-27-18-9-7-6-8-10-18)13-11-17-12-14-21(24)20(17)15-22(25)26/h6-10,12,19-21,24H,11,13-16H2,1-5H3,(H,25,26)/t19?,20-,21+/m1/s1. The van der Waals surface area contributed by atoms with Gasteiger partial charge in [0.15, 0.2) is 8.32 Å². The third kappa shape index (κ3) is 6.98. The Balaban J connectivity index is 2.05. The van der Waals surface area contributed by atoms with Gasteiger partial charge in [0.05, 0.1) is 18.6 Å². The quantitative estimate of drug-likeness (QED) is 0.411. The van der Waals surface area contributed by atoms with Gasteiger partial charge < -0.3 is 19.4 Å². The van der Waals surface area contributed by atoms with Gasteiger partial charge in [0.1, 0.15) is 12.4 Å². The molecule has 0 fully saturated rings. The molecule has 0 aromatic heterocycles. The number of carboxylic acids is 1. The number of aliphatic carboxylic acids is 1. The highest BCUT2D eigenvalue weighted by Gasteiger charge is 2.39. The number of aliphatic hydroxyl groups excluding tert-OH is 1. The van der Waals surface area contributed by atoms with Crippen molar-refractivity contribution in [2.45, 2.75) is 76.8 Å². The Morgan fingerprint density at radius 3 is 2.48 bits per heavy atom. The SMILES string of the molecule is CC(C)(C)[Si](C)(C)OC(CCC1=CC[C@H](O)[C@@H]1CC(=O)O)COc1ccccc1. The summed E-state index contributed by atoms with van der Waals surface area (Å²) in [5.41, 5.74) is 1.03. The number of ether oxygens (including phenoxy) is 1. The molecule has 2 N–H and O–H groups in total. The number of carboxylic acid groups (broad SMARTS) is 1. The first-order chi connectivity index (χ1) is 13.5. The van der Waals surface area contributed by atoms with Crippen molar-refractivity contribution in [3.8, 4) is 5.75 Å². The van der Waals surface area contributed by atoms with E-state index in [-0.39, 0.29) is 23.5 Å². The van der Waals surface area contributed by atoms with Crippen molar-refractivity contribution in [3.63, 3.8) is 0 Å². The largest absolute Gasteiger partial charge is 0.491 e. The van der Waals surface area contributed by atoms with Gasteiger partial charge in [-0.2, -0.15) is 0 Å². The Bertz CT molecular complexity index is 693. The van der Waals surface area contributed by atoms with Gasteiger partial charge in [-0.05, 0) is 49.5 Å². The molecule has 1 aromatic rings. The molecule has 1 aliphatic carbocycles. The van der Waals surface area contributed by atoms with E-state index in [1.807, 2.05) is 36.4 Å². The topological polar surface area (TPSA) is 76.0 Å². The van der Waals surface area contributed by atoms with Crippen LogP contribution < -0.4 is 4.74 Å². The fraction of sp³-hybridized carbons (Fsp3) is 0.609. The summed E-state index contributed by atoms with van der Waals surface area (Å²) in [6.45, 7) is 11.6. The Morgan fingerprint density at radius 2 is 1.90 bits per heavy atom. The van der Waals surface area contributed by atoms with Gasteiger partial charge in [-0.1, -0.05) is 50.6 Å². The van der Waals surface area contributed by atoms with Gasteiger partial charge in [-0.15, -0.1) is 0 Å². The molecule has 1 aliphatic rings. The second-order valence-electron chi connectivity index (χ2n) is 9.45. The lowest BCUT2D eigenvalue weighted by Gasteiger charge is -2.39. The lowest BCUT2D eigenvalue weighted by molar-refractivity contribution is -0.138. The van der Waals surface area contributed by atoms with Crippen LogP contribution in [0.3, 0.4) is 0 Å². The Kier molecular flexibility index (Phi) is 8.08. The Labute approximate surface area is 175 Å². The predicted molar refractivity (Wildman–Crippen MR) is 118 cm³/mol. The number of hydrogen-bond donors (Lipinski definition) is 2. The van der Waals surface area contributed by atoms with Crippen LogP contribution in [0.2, 0.25) is 18.1 Å². The second-order valence-corrected chi connectivity index (χ2v) is 14.2. The van der Waals surface area contributed by atoms with Gasteiger partial charge in [0.25, 0.3) is 0 Å². The molecule has 0 bridgehead atoms. The molecule has 3 atom stereocenters. The molecule has 5 nitrogen and oxygen atoms in total. The van der Waals surface area contributed by atoms with Crippen LogP contribution in [0.15, 0.2) is 42.0 Å². The van der Waals surface area contributed by atoms with Crippen LogP contribution in [0.4, 0.5) is 0 Å². The van der Waals surface area contributed by atoms with Crippen molar-refractivity contribution < 1.29 is 24.2 Å². The molecule has 1 unspecified atom stereocenters. The summed E-state index contributed by atoms with van der Waals surface area (Å²) in [7, 11) is -1.98. The van der Waals surface area contributed by atoms with Gasteiger partial charge >= 0.3 is 5.97 Å². The van der Waals surface area contributed by atoms with E-state index < -0.39 is 20.4 Å². The fourth-order valence-electron chi connectivity index (χ4n) is 3.38. The summed E-state index contributed by atoms with van der Waals surface area (Å²) in [5.74, 6) is -0.352. The molecule has 6 heteroatoms. The molecule has 0 amide bonds. The first-order valence-electron chi connectivity index (χ1n) is 10.4. The van der Waals surface area contributed by atoms with Crippen LogP contribution in [-0.4, -0.2) is 43.3 Å². The third-order valence-corrected chi connectivity index (χ3v) is 10.7. The normalized spacial score (nSPS) is 21.0. The molecular weight excluding hydrogens is 384 g/mol. The van der Waals surface area contributed by atoms with Crippen molar-refractivity contribution in [2.24, 2.45) is 5.92 Å². The van der Waals surface area contributed by atoms with Gasteiger partial charge in [-0.3, -0.25) is 4.79 Å². The van der Waals surface area contributed by atoms with Crippen LogP contribution in [0.25, 0.3) is 0 Å². The molecule has 0 saturated carbocycles. The average molecular weight is 421 g/mol. The third-order valence-electron chi connectivity index (χ3n) is 6.16. The van der Waals surface area contributed by atoms with Crippen molar-refractivity contribution in [2.75, 3.05) is 6.61 Å². The van der Waals surface area contributed by atoms with E-state index in [1.54, 1.807) is 0 Å². The number of carbonyl (C=O) groups is 1. The van der Waals surface area contributed by atoms with Crippen LogP contribution in [0.1, 0.15) is 46.5 Å². The molecule has 0 aliphatic heterocycles. The number of rotatable bonds is 10. The van der Waals surface area contributed by atoms with Crippen molar-refractivity contribution >= 4 is 14.3 Å². The molecule has 1 aromatic carbocycles. The highest BCUT2D eigenvalue weighted by atomic mass is 28.4. The summed E-state index contributed by atoms with van der Waals surface area (Å²) in [5, 5.41) is 19.4. The lowest BCUT2D eigenvalue weighted by atomic mass is 9.92. The maximum atomic E-state index is 11.2. The first-order valence-corrected chi connectivity index (χ1v) is 13.3. The van der Waals surface area contributed by atoms with E-state index in [0.717, 1.165) is 17.7 Å². The minimum absolute atomic E-state index is 0.0265. The number of benzene rings is 1. The van der Waals surface area contributed by atoms with E-state index >= 15 is 0 Å². The average Bonchev–Trinajstić information content (AvgIpc) is 2.96. The van der Waals surface area contributed by atoms with Crippen molar-refractivity contribution in [1.29, 1.82) is 0 Å². The zero-order valence-corrected chi connectivity index (χ0v) is 19.4. The molecular formula is C23H36O5Si. The zero-order chi connectivity index (χ0) is 21.7. The molecule has 2 rings (SSSR count). The molecule has 162 valence electrons.